The fraction of sp³-hybridized carbons (Fsp3) is 0.500. The number of nitrogens with one attached hydrogen (secondary N) is 2. The summed E-state index contributed by atoms with van der Waals surface area (Å²) in [6, 6.07) is 0. The van der Waals surface area contributed by atoms with Crippen LogP contribution in [0.1, 0.15) is 0 Å². The fourth-order valence-electron chi connectivity index (χ4n) is 0.0913. The molecule has 9 heteroatoms. The van der Waals surface area contributed by atoms with Crippen molar-refractivity contribution in [2.75, 3.05) is 13.1 Å². The van der Waals surface area contributed by atoms with Gasteiger partial charge in [-0.3, -0.25) is 20.0 Å². The van der Waals surface area contributed by atoms with Gasteiger partial charge in [-0.25, -0.2) is 11.0 Å². The van der Waals surface area contributed by atoms with Gasteiger partial charge in [-0.05, 0) is 0 Å². The number of amides is 2. The molecule has 0 aliphatic heterocycles. The van der Waals surface area contributed by atoms with E-state index in [0.717, 1.165) is 0 Å². The van der Waals surface area contributed by atoms with Gasteiger partial charge < -0.3 is 11.5 Å². The number of carbonyl (C=O) groups excluding carboxylic acids is 2. The molecule has 2 amide bonds. The van der Waals surface area contributed by atoms with Gasteiger partial charge in [0.2, 0.25) is 0 Å². The standard InChI is InChI=1S/2C2H6N2O2.Cu/c2*3-1-2(5)4-6;/h2*6H,1,3H2,(H,4,5);. The average molecular weight is 244 g/mol. The molecule has 0 bridgehead atoms. The van der Waals surface area contributed by atoms with E-state index >= 15 is 0 Å². The fourth-order valence-corrected chi connectivity index (χ4v) is 0.0913. The van der Waals surface area contributed by atoms with Crippen LogP contribution in [0, 0.1) is 0 Å². The van der Waals surface area contributed by atoms with Crippen LogP contribution in [0.15, 0.2) is 0 Å². The third-order valence-electron chi connectivity index (χ3n) is 0.620. The molecule has 13 heavy (non-hydrogen) atoms. The van der Waals surface area contributed by atoms with Crippen LogP contribution < -0.4 is 22.4 Å². The van der Waals surface area contributed by atoms with E-state index < -0.39 is 11.8 Å². The van der Waals surface area contributed by atoms with Crippen molar-refractivity contribution in [3.8, 4) is 0 Å². The van der Waals surface area contributed by atoms with Gasteiger partial charge in [0.15, 0.2) is 0 Å². The first-order chi connectivity index (χ1) is 5.62. The minimum Gasteiger partial charge on any atom is -0.322 e. The van der Waals surface area contributed by atoms with Crippen LogP contribution in [0.3, 0.4) is 0 Å². The third kappa shape index (κ3) is 18.3. The first-order valence-corrected chi connectivity index (χ1v) is 2.88. The van der Waals surface area contributed by atoms with Crippen molar-refractivity contribution in [2.45, 2.75) is 0 Å². The first-order valence-electron chi connectivity index (χ1n) is 2.88. The minimum absolute atomic E-state index is 0. The average Bonchev–Trinajstić information content (AvgIpc) is 2.16. The summed E-state index contributed by atoms with van der Waals surface area (Å²) in [5.41, 5.74) is 12.1. The Kier molecular flexibility index (Phi) is 19.4. The SMILES string of the molecule is NCC(=O)NO.NCC(=O)NO.[Cu]. The third-order valence-corrected chi connectivity index (χ3v) is 0.620. The molecule has 0 unspecified atom stereocenters. The van der Waals surface area contributed by atoms with Crippen molar-refractivity contribution in [3.63, 3.8) is 0 Å². The molecule has 0 aromatic rings. The molecular weight excluding hydrogens is 232 g/mol. The van der Waals surface area contributed by atoms with Crippen LogP contribution >= 0.6 is 0 Å². The second-order valence-electron chi connectivity index (χ2n) is 1.48. The summed E-state index contributed by atoms with van der Waals surface area (Å²) in [5.74, 6) is -1.15. The van der Waals surface area contributed by atoms with Gasteiger partial charge in [-0.15, -0.1) is 0 Å². The molecule has 0 aliphatic carbocycles. The van der Waals surface area contributed by atoms with Gasteiger partial charge in [-0.1, -0.05) is 0 Å². The molecule has 0 heterocycles. The maximum absolute atomic E-state index is 9.69. The Balaban J connectivity index is -0.000000143. The second-order valence-corrected chi connectivity index (χ2v) is 1.48. The van der Waals surface area contributed by atoms with Gasteiger partial charge in [0, 0.05) is 17.1 Å². The predicted octanol–water partition coefficient (Wildman–Crippen LogP) is -3.10. The zero-order valence-electron chi connectivity index (χ0n) is 6.58. The molecular formula is C4H12CuN4O4. The van der Waals surface area contributed by atoms with Crippen LogP contribution in [0.5, 0.6) is 0 Å². The molecule has 1 radical (unpaired) electrons. The zero-order valence-corrected chi connectivity index (χ0v) is 7.52. The molecule has 0 aromatic carbocycles. The molecule has 83 valence electrons. The number of rotatable bonds is 2. The number of hydrogen-bond acceptors (Lipinski definition) is 6. The smallest absolute Gasteiger partial charge is 0.257 e. The van der Waals surface area contributed by atoms with E-state index in [1.165, 1.54) is 11.0 Å². The van der Waals surface area contributed by atoms with E-state index in [4.69, 9.17) is 21.9 Å². The van der Waals surface area contributed by atoms with Crippen molar-refractivity contribution in [2.24, 2.45) is 11.5 Å². The van der Waals surface area contributed by atoms with Gasteiger partial charge in [-0.2, -0.15) is 0 Å². The van der Waals surface area contributed by atoms with Gasteiger partial charge in [0.25, 0.3) is 11.8 Å². The second kappa shape index (κ2) is 13.9. The van der Waals surface area contributed by atoms with Gasteiger partial charge >= 0.3 is 0 Å². The molecule has 0 rings (SSSR count). The van der Waals surface area contributed by atoms with Crippen molar-refractivity contribution >= 4 is 11.8 Å². The number of carbonyl (C=O) groups is 2. The van der Waals surface area contributed by atoms with E-state index in [9.17, 15) is 9.59 Å². The molecule has 0 saturated carbocycles. The van der Waals surface area contributed by atoms with Crippen LogP contribution in [-0.2, 0) is 26.7 Å². The van der Waals surface area contributed by atoms with Crippen LogP contribution in [-0.4, -0.2) is 35.3 Å². The molecule has 0 saturated heterocycles. The van der Waals surface area contributed by atoms with E-state index in [1.54, 1.807) is 0 Å². The summed E-state index contributed by atoms with van der Waals surface area (Å²) in [7, 11) is 0. The summed E-state index contributed by atoms with van der Waals surface area (Å²) in [4.78, 5) is 19.4. The maximum atomic E-state index is 9.69. The first kappa shape index (κ1) is 18.2. The number of nitrogens with two attached hydrogens (primary N) is 2. The Hall–Kier alpha value is -0.701. The Morgan fingerprint density at radius 2 is 1.23 bits per heavy atom. The monoisotopic (exact) mass is 243 g/mol. The maximum Gasteiger partial charge on any atom is 0.257 e. The van der Waals surface area contributed by atoms with Crippen molar-refractivity contribution in [3.05, 3.63) is 0 Å². The van der Waals surface area contributed by atoms with Gasteiger partial charge in [0.1, 0.15) is 0 Å². The topological polar surface area (TPSA) is 151 Å². The summed E-state index contributed by atoms with van der Waals surface area (Å²) in [6.07, 6.45) is 0. The summed E-state index contributed by atoms with van der Waals surface area (Å²) >= 11 is 0. The molecule has 0 fully saturated rings. The molecule has 0 atom stereocenters. The van der Waals surface area contributed by atoms with E-state index in [1.807, 2.05) is 0 Å². The Labute approximate surface area is 85.0 Å². The van der Waals surface area contributed by atoms with E-state index in [-0.39, 0.29) is 30.2 Å². The number of hydrogen-bond donors (Lipinski definition) is 6. The Bertz CT molecular complexity index is 116. The van der Waals surface area contributed by atoms with Crippen molar-refractivity contribution in [1.82, 2.24) is 11.0 Å². The Morgan fingerprint density at radius 3 is 1.23 bits per heavy atom. The molecule has 0 aromatic heterocycles. The molecule has 0 aliphatic rings. The molecule has 8 N–H and O–H groups in total. The zero-order chi connectivity index (χ0) is 9.98. The quantitative estimate of drug-likeness (QED) is 0.172. The summed E-state index contributed by atoms with van der Waals surface area (Å²) in [6.45, 7) is -0.340. The summed E-state index contributed by atoms with van der Waals surface area (Å²) < 4.78 is 0. The van der Waals surface area contributed by atoms with Crippen molar-refractivity contribution in [1.29, 1.82) is 0 Å². The number of hydroxylamine groups is 2. The molecule has 8 nitrogen and oxygen atoms in total. The van der Waals surface area contributed by atoms with Crippen LogP contribution in [0.4, 0.5) is 0 Å². The van der Waals surface area contributed by atoms with E-state index in [2.05, 4.69) is 0 Å². The summed E-state index contributed by atoms with van der Waals surface area (Å²) in [5, 5.41) is 15.3. The van der Waals surface area contributed by atoms with Crippen LogP contribution in [0.2, 0.25) is 0 Å². The van der Waals surface area contributed by atoms with Gasteiger partial charge in [0.05, 0.1) is 13.1 Å². The van der Waals surface area contributed by atoms with E-state index in [0.29, 0.717) is 0 Å². The largest absolute Gasteiger partial charge is 0.322 e. The predicted molar refractivity (Wildman–Crippen MR) is 38.0 cm³/mol. The minimum atomic E-state index is -0.574. The molecule has 0 spiro atoms. The van der Waals surface area contributed by atoms with Crippen molar-refractivity contribution < 1.29 is 37.1 Å². The normalized spacial score (nSPS) is 7.08. The Morgan fingerprint density at radius 1 is 1.00 bits per heavy atom. The van der Waals surface area contributed by atoms with Crippen LogP contribution in [0.25, 0.3) is 0 Å².